The van der Waals surface area contributed by atoms with Crippen LogP contribution in [0.15, 0.2) is 29.6 Å². The summed E-state index contributed by atoms with van der Waals surface area (Å²) in [5.74, 6) is 1.43. The lowest BCUT2D eigenvalue weighted by Crippen LogP contribution is -2.07. The number of nitrogens with zero attached hydrogens (tertiary/aromatic N) is 3. The smallest absolute Gasteiger partial charge is 0.216 e. The van der Waals surface area contributed by atoms with Gasteiger partial charge < -0.3 is 9.47 Å². The van der Waals surface area contributed by atoms with E-state index in [1.807, 2.05) is 39.0 Å². The molecule has 0 bridgehead atoms. The van der Waals surface area contributed by atoms with E-state index in [0.717, 1.165) is 11.3 Å². The van der Waals surface area contributed by atoms with Gasteiger partial charge in [-0.05, 0) is 56.8 Å². The van der Waals surface area contributed by atoms with Gasteiger partial charge in [-0.25, -0.2) is 0 Å². The Bertz CT molecular complexity index is 676. The minimum atomic E-state index is 0.0907. The molecule has 0 fully saturated rings. The van der Waals surface area contributed by atoms with Crippen molar-refractivity contribution in [2.45, 2.75) is 26.9 Å². The Balaban J connectivity index is 2.25. The van der Waals surface area contributed by atoms with Crippen LogP contribution in [0.4, 0.5) is 0 Å². The van der Waals surface area contributed by atoms with E-state index in [9.17, 15) is 0 Å². The predicted molar refractivity (Wildman–Crippen MR) is 83.8 cm³/mol. The Morgan fingerprint density at radius 3 is 2.86 bits per heavy atom. The van der Waals surface area contributed by atoms with Gasteiger partial charge in [-0.3, -0.25) is 5.10 Å². The fourth-order valence-corrected chi connectivity index (χ4v) is 1.83. The predicted octanol–water partition coefficient (Wildman–Crippen LogP) is 3.01. The summed E-state index contributed by atoms with van der Waals surface area (Å²) < 4.78 is 13.2. The van der Waals surface area contributed by atoms with E-state index in [4.69, 9.17) is 21.7 Å². The van der Waals surface area contributed by atoms with Crippen molar-refractivity contribution in [1.29, 1.82) is 0 Å². The number of aromatic nitrogens is 3. The van der Waals surface area contributed by atoms with Crippen LogP contribution in [-0.4, -0.2) is 33.8 Å². The normalized spacial score (nSPS) is 11.2. The van der Waals surface area contributed by atoms with Crippen molar-refractivity contribution in [3.05, 3.63) is 34.9 Å². The zero-order valence-electron chi connectivity index (χ0n) is 12.2. The molecule has 0 aliphatic carbocycles. The first kappa shape index (κ1) is 15.2. The zero-order chi connectivity index (χ0) is 15.2. The first-order valence-electron chi connectivity index (χ1n) is 6.70. The highest BCUT2D eigenvalue weighted by atomic mass is 32.1. The molecule has 1 aromatic heterocycles. The average molecular weight is 306 g/mol. The van der Waals surface area contributed by atoms with Crippen LogP contribution in [0.2, 0.25) is 0 Å². The van der Waals surface area contributed by atoms with Gasteiger partial charge in [0.1, 0.15) is 6.33 Å². The summed E-state index contributed by atoms with van der Waals surface area (Å²) in [7, 11) is 0. The molecule has 0 radical (unpaired) electrons. The van der Waals surface area contributed by atoms with Crippen molar-refractivity contribution >= 4 is 18.4 Å². The summed E-state index contributed by atoms with van der Waals surface area (Å²) >= 11 is 5.02. The van der Waals surface area contributed by atoms with Gasteiger partial charge in [-0.15, -0.1) is 0 Å². The molecule has 2 rings (SSSR count). The molecule has 0 aliphatic heterocycles. The first-order valence-corrected chi connectivity index (χ1v) is 7.11. The van der Waals surface area contributed by atoms with Crippen LogP contribution in [0.3, 0.4) is 0 Å². The van der Waals surface area contributed by atoms with E-state index < -0.39 is 0 Å². The third-order valence-corrected chi connectivity index (χ3v) is 2.78. The molecule has 2 aromatic rings. The van der Waals surface area contributed by atoms with Gasteiger partial charge in [0, 0.05) is 0 Å². The Kier molecular flexibility index (Phi) is 5.10. The molecule has 0 saturated heterocycles. The van der Waals surface area contributed by atoms with Crippen LogP contribution >= 0.6 is 12.2 Å². The Hall–Kier alpha value is -2.15. The SMILES string of the molecule is CCOc1cc(/C=N/n2cn[nH]c2=S)ccc1OC(C)C. The van der Waals surface area contributed by atoms with Crippen molar-refractivity contribution in [2.75, 3.05) is 6.61 Å². The van der Waals surface area contributed by atoms with Gasteiger partial charge in [0.05, 0.1) is 18.9 Å². The van der Waals surface area contributed by atoms with Crippen molar-refractivity contribution in [3.63, 3.8) is 0 Å². The molecule has 112 valence electrons. The standard InChI is InChI=1S/C14H18N4O2S/c1-4-19-13-7-11(5-6-12(13)20-10(2)3)8-16-18-9-15-17-14(18)21/h5-10H,4H2,1-3H3,(H,17,21)/b16-8+. The third kappa shape index (κ3) is 4.16. The first-order chi connectivity index (χ1) is 10.1. The highest BCUT2D eigenvalue weighted by Crippen LogP contribution is 2.28. The molecule has 0 atom stereocenters. The molecule has 7 heteroatoms. The molecule has 1 N–H and O–H groups in total. The number of aromatic amines is 1. The van der Waals surface area contributed by atoms with Crippen LogP contribution < -0.4 is 9.47 Å². The maximum absolute atomic E-state index is 5.72. The fraction of sp³-hybridized carbons (Fsp3) is 0.357. The van der Waals surface area contributed by atoms with Crippen molar-refractivity contribution in [2.24, 2.45) is 5.10 Å². The second-order valence-electron chi connectivity index (χ2n) is 4.56. The second kappa shape index (κ2) is 7.03. The van der Waals surface area contributed by atoms with Crippen LogP contribution in [0, 0.1) is 4.77 Å². The van der Waals surface area contributed by atoms with E-state index in [1.54, 1.807) is 6.21 Å². The number of hydrogen-bond donors (Lipinski definition) is 1. The van der Waals surface area contributed by atoms with Crippen LogP contribution in [0.25, 0.3) is 0 Å². The fourth-order valence-electron chi connectivity index (χ4n) is 1.68. The van der Waals surface area contributed by atoms with Gasteiger partial charge >= 0.3 is 0 Å². The summed E-state index contributed by atoms with van der Waals surface area (Å²) in [6.45, 7) is 6.46. The maximum Gasteiger partial charge on any atom is 0.216 e. The molecule has 1 heterocycles. The zero-order valence-corrected chi connectivity index (χ0v) is 13.1. The van der Waals surface area contributed by atoms with Crippen LogP contribution in [-0.2, 0) is 0 Å². The van der Waals surface area contributed by atoms with E-state index in [0.29, 0.717) is 17.1 Å². The molecule has 0 saturated carbocycles. The molecule has 0 amide bonds. The van der Waals surface area contributed by atoms with E-state index >= 15 is 0 Å². The quantitative estimate of drug-likeness (QED) is 0.658. The maximum atomic E-state index is 5.72. The number of rotatable bonds is 6. The molecule has 0 unspecified atom stereocenters. The van der Waals surface area contributed by atoms with Gasteiger partial charge in [-0.1, -0.05) is 0 Å². The number of benzene rings is 1. The number of nitrogens with one attached hydrogen (secondary N) is 1. The largest absolute Gasteiger partial charge is 0.490 e. The molecular weight excluding hydrogens is 288 g/mol. The summed E-state index contributed by atoms with van der Waals surface area (Å²) in [4.78, 5) is 0. The third-order valence-electron chi connectivity index (χ3n) is 2.50. The van der Waals surface area contributed by atoms with E-state index in [2.05, 4.69) is 15.3 Å². The summed E-state index contributed by atoms with van der Waals surface area (Å²) in [6.07, 6.45) is 3.29. The lowest BCUT2D eigenvalue weighted by atomic mass is 10.2. The second-order valence-corrected chi connectivity index (χ2v) is 4.94. The van der Waals surface area contributed by atoms with Crippen molar-refractivity contribution in [3.8, 4) is 11.5 Å². The van der Waals surface area contributed by atoms with E-state index in [1.165, 1.54) is 11.0 Å². The van der Waals surface area contributed by atoms with Crippen LogP contribution in [0.1, 0.15) is 26.3 Å². The highest BCUT2D eigenvalue weighted by molar-refractivity contribution is 7.71. The molecule has 0 aliphatic rings. The number of H-pyrrole nitrogens is 1. The Morgan fingerprint density at radius 1 is 1.43 bits per heavy atom. The topological polar surface area (TPSA) is 64.4 Å². The summed E-state index contributed by atoms with van der Waals surface area (Å²) in [5.41, 5.74) is 0.887. The highest BCUT2D eigenvalue weighted by Gasteiger charge is 2.07. The minimum Gasteiger partial charge on any atom is -0.490 e. The van der Waals surface area contributed by atoms with Crippen molar-refractivity contribution in [1.82, 2.24) is 14.9 Å². The van der Waals surface area contributed by atoms with Crippen LogP contribution in [0.5, 0.6) is 11.5 Å². The molecule has 0 spiro atoms. The molecule has 21 heavy (non-hydrogen) atoms. The monoisotopic (exact) mass is 306 g/mol. The molecule has 1 aromatic carbocycles. The van der Waals surface area contributed by atoms with Gasteiger partial charge in [0.25, 0.3) is 0 Å². The minimum absolute atomic E-state index is 0.0907. The van der Waals surface area contributed by atoms with Gasteiger partial charge in [0.2, 0.25) is 4.77 Å². The lowest BCUT2D eigenvalue weighted by Gasteiger charge is -2.14. The molecular formula is C14H18N4O2S. The Morgan fingerprint density at radius 2 is 2.24 bits per heavy atom. The van der Waals surface area contributed by atoms with Gasteiger partial charge in [0.15, 0.2) is 11.5 Å². The number of ether oxygens (including phenoxy) is 2. The van der Waals surface area contributed by atoms with Gasteiger partial charge in [-0.2, -0.15) is 14.9 Å². The average Bonchev–Trinajstić information content (AvgIpc) is 2.84. The summed E-state index contributed by atoms with van der Waals surface area (Å²) in [5, 5.41) is 10.7. The summed E-state index contributed by atoms with van der Waals surface area (Å²) in [6, 6.07) is 5.67. The van der Waals surface area contributed by atoms with Crippen molar-refractivity contribution < 1.29 is 9.47 Å². The lowest BCUT2D eigenvalue weighted by molar-refractivity contribution is 0.224. The molecule has 6 nitrogen and oxygen atoms in total. The van der Waals surface area contributed by atoms with E-state index in [-0.39, 0.29) is 6.10 Å². The Labute approximate surface area is 128 Å². The number of hydrogen-bond acceptors (Lipinski definition) is 5.